The van der Waals surface area contributed by atoms with Gasteiger partial charge in [0.05, 0.1) is 5.03 Å². The Morgan fingerprint density at radius 1 is 1.11 bits per heavy atom. The van der Waals surface area contributed by atoms with Crippen LogP contribution in [-0.4, -0.2) is 26.9 Å². The second-order valence-electron chi connectivity index (χ2n) is 3.79. The average molecular weight is 353 g/mol. The molecular weight excluding hydrogens is 337 g/mol. The van der Waals surface area contributed by atoms with Gasteiger partial charge < -0.3 is 4.74 Å². The molecule has 0 atom stereocenters. The summed E-state index contributed by atoms with van der Waals surface area (Å²) in [5.74, 6) is 0. The van der Waals surface area contributed by atoms with Gasteiger partial charge in [-0.15, -0.1) is 0 Å². The van der Waals surface area contributed by atoms with Crippen LogP contribution in [0.1, 0.15) is 27.7 Å². The topological polar surface area (TPSA) is 29.5 Å². The van der Waals surface area contributed by atoms with Crippen LogP contribution in [0.2, 0.25) is 0 Å². The number of hydrogen-bond donors (Lipinski definition) is 0. The van der Waals surface area contributed by atoms with E-state index in [2.05, 4.69) is 0 Å². The molecule has 0 aliphatic heterocycles. The molecule has 0 aliphatic carbocycles. The molecular formula is C10H16Cl3NO2S2. The fourth-order valence-electron chi connectivity index (χ4n) is 0.726. The average Bonchev–Trinajstić information content (AvgIpc) is 2.22. The Labute approximate surface area is 132 Å². The first kappa shape index (κ1) is 18.6. The van der Waals surface area contributed by atoms with Crippen LogP contribution in [0.3, 0.4) is 0 Å². The fraction of sp³-hybridized carbons (Fsp3) is 0.700. The van der Waals surface area contributed by atoms with Gasteiger partial charge in [-0.2, -0.15) is 3.71 Å². The summed E-state index contributed by atoms with van der Waals surface area (Å²) < 4.78 is 6.42. The van der Waals surface area contributed by atoms with E-state index in [1.54, 1.807) is 0 Å². The number of carbonyl (C=O) groups excluding carboxylic acids is 1. The largest absolute Gasteiger partial charge is 0.442 e. The van der Waals surface area contributed by atoms with Crippen molar-refractivity contribution in [2.24, 2.45) is 0 Å². The molecule has 8 heteroatoms. The summed E-state index contributed by atoms with van der Waals surface area (Å²) in [7, 11) is 0. The summed E-state index contributed by atoms with van der Waals surface area (Å²) in [6.45, 7) is 7.85. The molecule has 0 aliphatic rings. The molecule has 0 spiro atoms. The summed E-state index contributed by atoms with van der Waals surface area (Å²) in [4.78, 5) is 11.8. The van der Waals surface area contributed by atoms with Gasteiger partial charge in [-0.25, -0.2) is 4.79 Å². The first-order valence-corrected chi connectivity index (χ1v) is 8.04. The number of carbonyl (C=O) groups is 1. The van der Waals surface area contributed by atoms with Crippen LogP contribution < -0.4 is 0 Å². The maximum absolute atomic E-state index is 11.8. The zero-order valence-corrected chi connectivity index (χ0v) is 14.5. The summed E-state index contributed by atoms with van der Waals surface area (Å²) in [6.07, 6.45) is -0.472. The number of nitrogens with zero attached hydrogens (tertiary/aromatic N) is 1. The van der Waals surface area contributed by atoms with E-state index in [4.69, 9.17) is 39.5 Å². The third-order valence-corrected chi connectivity index (χ3v) is 4.28. The standard InChI is InChI=1S/C10H16Cl3NO2S2/c1-6(2)17-14(18-7(3)4)10(15)16-5-8(11)9(12)13/h6-7H,5H2,1-4H3. The monoisotopic (exact) mass is 351 g/mol. The quantitative estimate of drug-likeness (QED) is 0.597. The van der Waals surface area contributed by atoms with Crippen molar-refractivity contribution in [3.8, 4) is 0 Å². The molecule has 0 radical (unpaired) electrons. The van der Waals surface area contributed by atoms with Crippen LogP contribution in [0, 0.1) is 0 Å². The van der Waals surface area contributed by atoms with Gasteiger partial charge >= 0.3 is 6.09 Å². The molecule has 106 valence electrons. The van der Waals surface area contributed by atoms with Gasteiger partial charge in [0, 0.05) is 10.5 Å². The van der Waals surface area contributed by atoms with Crippen molar-refractivity contribution in [1.82, 2.24) is 3.71 Å². The van der Waals surface area contributed by atoms with Gasteiger partial charge in [-0.05, 0) is 23.9 Å². The highest BCUT2D eigenvalue weighted by Gasteiger charge is 2.20. The summed E-state index contributed by atoms with van der Waals surface area (Å²) >= 11 is 19.4. The lowest BCUT2D eigenvalue weighted by Crippen LogP contribution is -2.23. The third kappa shape index (κ3) is 8.64. The number of halogens is 3. The Morgan fingerprint density at radius 3 is 1.89 bits per heavy atom. The predicted octanol–water partition coefficient (Wildman–Crippen LogP) is 5.42. The molecule has 0 unspecified atom stereocenters. The van der Waals surface area contributed by atoms with Crippen LogP contribution >= 0.6 is 58.7 Å². The first-order chi connectivity index (χ1) is 8.23. The Hall–Kier alpha value is 0.580. The van der Waals surface area contributed by atoms with Gasteiger partial charge in [0.15, 0.2) is 0 Å². The van der Waals surface area contributed by atoms with E-state index in [-0.39, 0.29) is 26.6 Å². The molecule has 0 saturated heterocycles. The summed E-state index contributed by atoms with van der Waals surface area (Å²) in [5, 5.41) is 0.647. The van der Waals surface area contributed by atoms with Crippen molar-refractivity contribution in [2.75, 3.05) is 6.61 Å². The lowest BCUT2D eigenvalue weighted by Gasteiger charge is -2.22. The van der Waals surface area contributed by atoms with Crippen LogP contribution in [-0.2, 0) is 4.74 Å². The normalized spacial score (nSPS) is 10.7. The lowest BCUT2D eigenvalue weighted by atomic mass is 10.6. The minimum Gasteiger partial charge on any atom is -0.442 e. The molecule has 0 aromatic heterocycles. The van der Waals surface area contributed by atoms with E-state index < -0.39 is 6.09 Å². The molecule has 1 amide bonds. The van der Waals surface area contributed by atoms with Gasteiger partial charge in [0.1, 0.15) is 11.1 Å². The second-order valence-corrected chi connectivity index (χ2v) is 8.46. The maximum Gasteiger partial charge on any atom is 0.430 e. The van der Waals surface area contributed by atoms with Crippen molar-refractivity contribution in [1.29, 1.82) is 0 Å². The Bertz CT molecular complexity index is 297. The molecule has 0 heterocycles. The van der Waals surface area contributed by atoms with Crippen molar-refractivity contribution in [2.45, 2.75) is 38.2 Å². The lowest BCUT2D eigenvalue weighted by molar-refractivity contribution is 0.153. The summed E-state index contributed by atoms with van der Waals surface area (Å²) in [6, 6.07) is 0. The third-order valence-electron chi connectivity index (χ3n) is 1.29. The number of hydrogen-bond acceptors (Lipinski definition) is 4. The van der Waals surface area contributed by atoms with Crippen LogP contribution in [0.15, 0.2) is 9.52 Å². The van der Waals surface area contributed by atoms with E-state index in [1.165, 1.54) is 27.6 Å². The maximum atomic E-state index is 11.8. The second kappa shape index (κ2) is 9.48. The molecule has 0 saturated carbocycles. The SMILES string of the molecule is CC(C)SN(SC(C)C)C(=O)OCC(Cl)=C(Cl)Cl. The van der Waals surface area contributed by atoms with E-state index >= 15 is 0 Å². The van der Waals surface area contributed by atoms with Crippen LogP contribution in [0.4, 0.5) is 4.79 Å². The first-order valence-electron chi connectivity index (χ1n) is 5.24. The summed E-state index contributed by atoms with van der Waals surface area (Å²) in [5.41, 5.74) is 0. The molecule has 0 fully saturated rings. The van der Waals surface area contributed by atoms with E-state index in [1.807, 2.05) is 27.7 Å². The number of ether oxygens (including phenoxy) is 1. The molecule has 0 rings (SSSR count). The van der Waals surface area contributed by atoms with Crippen molar-refractivity contribution in [3.63, 3.8) is 0 Å². The van der Waals surface area contributed by atoms with E-state index in [0.29, 0.717) is 0 Å². The smallest absolute Gasteiger partial charge is 0.430 e. The Balaban J connectivity index is 4.42. The minimum absolute atomic E-state index is 0.0935. The highest BCUT2D eigenvalue weighted by molar-refractivity contribution is 8.13. The van der Waals surface area contributed by atoms with Gasteiger partial charge in [-0.1, -0.05) is 62.5 Å². The van der Waals surface area contributed by atoms with Gasteiger partial charge in [0.25, 0.3) is 0 Å². The van der Waals surface area contributed by atoms with Crippen molar-refractivity contribution < 1.29 is 9.53 Å². The predicted molar refractivity (Wildman–Crippen MR) is 83.2 cm³/mol. The fourth-order valence-corrected chi connectivity index (χ4v) is 3.16. The van der Waals surface area contributed by atoms with Gasteiger partial charge in [0.2, 0.25) is 0 Å². The van der Waals surface area contributed by atoms with Crippen LogP contribution in [0.5, 0.6) is 0 Å². The van der Waals surface area contributed by atoms with E-state index in [0.717, 1.165) is 0 Å². The van der Waals surface area contributed by atoms with Crippen molar-refractivity contribution >= 4 is 64.8 Å². The zero-order valence-electron chi connectivity index (χ0n) is 10.6. The van der Waals surface area contributed by atoms with Gasteiger partial charge in [-0.3, -0.25) is 0 Å². The molecule has 0 aromatic carbocycles. The Morgan fingerprint density at radius 2 is 1.56 bits per heavy atom. The molecule has 18 heavy (non-hydrogen) atoms. The molecule has 3 nitrogen and oxygen atoms in total. The highest BCUT2D eigenvalue weighted by Crippen LogP contribution is 2.30. The van der Waals surface area contributed by atoms with E-state index in [9.17, 15) is 4.79 Å². The molecule has 0 N–H and O–H groups in total. The Kier molecular flexibility index (Phi) is 9.78. The highest BCUT2D eigenvalue weighted by atomic mass is 35.5. The molecule has 0 bridgehead atoms. The zero-order chi connectivity index (χ0) is 14.3. The number of rotatable bonds is 6. The number of amides is 1. The van der Waals surface area contributed by atoms with Crippen LogP contribution in [0.25, 0.3) is 0 Å². The molecule has 0 aromatic rings. The minimum atomic E-state index is -0.472. The van der Waals surface area contributed by atoms with Crippen molar-refractivity contribution in [3.05, 3.63) is 9.52 Å².